The molecule has 1 unspecified atom stereocenters. The molecule has 1 heteroatoms. The molecule has 0 rings (SSSR count). The van der Waals surface area contributed by atoms with Gasteiger partial charge in [0.15, 0.2) is 0 Å². The van der Waals surface area contributed by atoms with Gasteiger partial charge >= 0.3 is 0 Å². The van der Waals surface area contributed by atoms with Crippen molar-refractivity contribution in [2.24, 2.45) is 5.92 Å². The van der Waals surface area contributed by atoms with Crippen molar-refractivity contribution in [3.05, 3.63) is 12.7 Å². The zero-order valence-electron chi connectivity index (χ0n) is 7.81. The summed E-state index contributed by atoms with van der Waals surface area (Å²) < 4.78 is 0. The monoisotopic (exact) mass is 172 g/mol. The van der Waals surface area contributed by atoms with Crippen LogP contribution in [0.4, 0.5) is 0 Å². The van der Waals surface area contributed by atoms with Crippen LogP contribution in [0.5, 0.6) is 0 Å². The van der Waals surface area contributed by atoms with Crippen LogP contribution >= 0.6 is 11.8 Å². The standard InChI is InChI=1S/C10H20S/c1-4-6-7-10(5-2)8-9-11-3/h5,10H,2,4,6-9H2,1,3H3. The fourth-order valence-corrected chi connectivity index (χ4v) is 1.65. The van der Waals surface area contributed by atoms with E-state index in [1.54, 1.807) is 0 Å². The number of allylic oxidation sites excluding steroid dienone is 1. The lowest BCUT2D eigenvalue weighted by molar-refractivity contribution is 0.545. The van der Waals surface area contributed by atoms with Gasteiger partial charge in [-0.15, -0.1) is 6.58 Å². The van der Waals surface area contributed by atoms with E-state index in [0.717, 1.165) is 5.92 Å². The molecule has 0 spiro atoms. The highest BCUT2D eigenvalue weighted by atomic mass is 32.2. The van der Waals surface area contributed by atoms with Crippen molar-refractivity contribution >= 4 is 11.8 Å². The van der Waals surface area contributed by atoms with Gasteiger partial charge < -0.3 is 0 Å². The minimum atomic E-state index is 0.766. The average Bonchev–Trinajstić information content (AvgIpc) is 2.05. The van der Waals surface area contributed by atoms with Crippen LogP contribution in [0.2, 0.25) is 0 Å². The Morgan fingerprint density at radius 1 is 1.45 bits per heavy atom. The van der Waals surface area contributed by atoms with Gasteiger partial charge in [0.1, 0.15) is 0 Å². The SMILES string of the molecule is C=CC(CCCC)CCSC. The van der Waals surface area contributed by atoms with Gasteiger partial charge in [-0.05, 0) is 30.8 Å². The molecule has 0 N–H and O–H groups in total. The summed E-state index contributed by atoms with van der Waals surface area (Å²) in [6.07, 6.45) is 9.59. The van der Waals surface area contributed by atoms with Gasteiger partial charge in [-0.25, -0.2) is 0 Å². The molecule has 0 aliphatic carbocycles. The Kier molecular flexibility index (Phi) is 8.26. The van der Waals surface area contributed by atoms with Crippen molar-refractivity contribution in [2.75, 3.05) is 12.0 Å². The van der Waals surface area contributed by atoms with Crippen LogP contribution in [0.3, 0.4) is 0 Å². The van der Waals surface area contributed by atoms with Crippen LogP contribution < -0.4 is 0 Å². The first-order valence-corrected chi connectivity index (χ1v) is 5.86. The third-order valence-electron chi connectivity index (χ3n) is 1.95. The maximum atomic E-state index is 3.86. The molecule has 0 aromatic rings. The first-order chi connectivity index (χ1) is 5.35. The Labute approximate surface area is 75.5 Å². The number of rotatable bonds is 7. The highest BCUT2D eigenvalue weighted by Gasteiger charge is 2.01. The Hall–Kier alpha value is 0.0900. The largest absolute Gasteiger partial charge is 0.165 e. The first kappa shape index (κ1) is 11.1. The second-order valence-corrected chi connectivity index (χ2v) is 3.91. The predicted molar refractivity (Wildman–Crippen MR) is 56.2 cm³/mol. The molecule has 0 aliphatic rings. The molecule has 0 heterocycles. The van der Waals surface area contributed by atoms with Crippen LogP contribution in [0.1, 0.15) is 32.6 Å². The summed E-state index contributed by atoms with van der Waals surface area (Å²) in [6, 6.07) is 0. The molecule has 0 saturated carbocycles. The molecule has 0 aromatic heterocycles. The lowest BCUT2D eigenvalue weighted by atomic mass is 10.00. The van der Waals surface area contributed by atoms with Gasteiger partial charge in [-0.3, -0.25) is 0 Å². The van der Waals surface area contributed by atoms with E-state index in [0.29, 0.717) is 0 Å². The molecule has 0 aliphatic heterocycles. The molecule has 0 radical (unpaired) electrons. The van der Waals surface area contributed by atoms with E-state index >= 15 is 0 Å². The molecule has 11 heavy (non-hydrogen) atoms. The van der Waals surface area contributed by atoms with E-state index in [4.69, 9.17) is 0 Å². The Balaban J connectivity index is 3.33. The normalized spacial score (nSPS) is 12.9. The van der Waals surface area contributed by atoms with E-state index in [-0.39, 0.29) is 0 Å². The number of thioether (sulfide) groups is 1. The maximum Gasteiger partial charge on any atom is -0.00647 e. The van der Waals surface area contributed by atoms with Gasteiger partial charge in [-0.2, -0.15) is 11.8 Å². The van der Waals surface area contributed by atoms with E-state index in [1.165, 1.54) is 31.4 Å². The molecule has 0 saturated heterocycles. The van der Waals surface area contributed by atoms with Gasteiger partial charge in [0.2, 0.25) is 0 Å². The third kappa shape index (κ3) is 6.49. The van der Waals surface area contributed by atoms with Gasteiger partial charge in [0.05, 0.1) is 0 Å². The van der Waals surface area contributed by atoms with E-state index < -0.39 is 0 Å². The van der Waals surface area contributed by atoms with Crippen molar-refractivity contribution in [3.63, 3.8) is 0 Å². The number of hydrogen-bond donors (Lipinski definition) is 0. The summed E-state index contributed by atoms with van der Waals surface area (Å²) in [5, 5.41) is 0. The summed E-state index contributed by atoms with van der Waals surface area (Å²) >= 11 is 1.93. The number of hydrogen-bond acceptors (Lipinski definition) is 1. The van der Waals surface area contributed by atoms with Crippen molar-refractivity contribution in [1.82, 2.24) is 0 Å². The highest BCUT2D eigenvalue weighted by molar-refractivity contribution is 7.98. The third-order valence-corrected chi connectivity index (χ3v) is 2.60. The Morgan fingerprint density at radius 3 is 2.64 bits per heavy atom. The summed E-state index contributed by atoms with van der Waals surface area (Å²) in [5.74, 6) is 2.04. The molecule has 0 aromatic carbocycles. The van der Waals surface area contributed by atoms with Crippen LogP contribution in [0.15, 0.2) is 12.7 Å². The van der Waals surface area contributed by atoms with Crippen LogP contribution in [-0.4, -0.2) is 12.0 Å². The van der Waals surface area contributed by atoms with E-state index in [9.17, 15) is 0 Å². The summed E-state index contributed by atoms with van der Waals surface area (Å²) in [4.78, 5) is 0. The van der Waals surface area contributed by atoms with Crippen LogP contribution in [-0.2, 0) is 0 Å². The lowest BCUT2D eigenvalue weighted by Crippen LogP contribution is -1.97. The lowest BCUT2D eigenvalue weighted by Gasteiger charge is -2.09. The van der Waals surface area contributed by atoms with Gasteiger partial charge in [0.25, 0.3) is 0 Å². The summed E-state index contributed by atoms with van der Waals surface area (Å²) in [6.45, 7) is 6.10. The molecular formula is C10H20S. The quantitative estimate of drug-likeness (QED) is 0.527. The van der Waals surface area contributed by atoms with E-state index in [1.807, 2.05) is 11.8 Å². The zero-order chi connectivity index (χ0) is 8.53. The minimum Gasteiger partial charge on any atom is -0.165 e. The fourth-order valence-electron chi connectivity index (χ4n) is 1.12. The van der Waals surface area contributed by atoms with E-state index in [2.05, 4.69) is 25.8 Å². The maximum absolute atomic E-state index is 3.86. The summed E-state index contributed by atoms with van der Waals surface area (Å²) in [5.41, 5.74) is 0. The van der Waals surface area contributed by atoms with Gasteiger partial charge in [0, 0.05) is 0 Å². The molecule has 0 amide bonds. The average molecular weight is 172 g/mol. The second-order valence-electron chi connectivity index (χ2n) is 2.92. The zero-order valence-corrected chi connectivity index (χ0v) is 8.62. The summed E-state index contributed by atoms with van der Waals surface area (Å²) in [7, 11) is 0. The Bertz CT molecular complexity index is 80.9. The first-order valence-electron chi connectivity index (χ1n) is 4.46. The minimum absolute atomic E-state index is 0.766. The van der Waals surface area contributed by atoms with Crippen molar-refractivity contribution in [1.29, 1.82) is 0 Å². The van der Waals surface area contributed by atoms with Crippen LogP contribution in [0.25, 0.3) is 0 Å². The molecule has 0 bridgehead atoms. The molecule has 1 atom stereocenters. The molecule has 0 nitrogen and oxygen atoms in total. The van der Waals surface area contributed by atoms with Crippen molar-refractivity contribution in [2.45, 2.75) is 32.6 Å². The topological polar surface area (TPSA) is 0 Å². The predicted octanol–water partition coefficient (Wildman–Crippen LogP) is 3.73. The second kappa shape index (κ2) is 8.19. The van der Waals surface area contributed by atoms with Crippen molar-refractivity contribution < 1.29 is 0 Å². The Morgan fingerprint density at radius 2 is 2.18 bits per heavy atom. The molecular weight excluding hydrogens is 152 g/mol. The smallest absolute Gasteiger partial charge is 0.00647 e. The molecule has 66 valence electrons. The molecule has 0 fully saturated rings. The number of unbranched alkanes of at least 4 members (excludes halogenated alkanes) is 1. The fraction of sp³-hybridized carbons (Fsp3) is 0.800. The van der Waals surface area contributed by atoms with Crippen molar-refractivity contribution in [3.8, 4) is 0 Å². The van der Waals surface area contributed by atoms with Crippen LogP contribution in [0, 0.1) is 5.92 Å². The van der Waals surface area contributed by atoms with Gasteiger partial charge in [-0.1, -0.05) is 25.8 Å². The highest BCUT2D eigenvalue weighted by Crippen LogP contribution is 2.15.